The van der Waals surface area contributed by atoms with Gasteiger partial charge in [-0.1, -0.05) is 6.92 Å². The summed E-state index contributed by atoms with van der Waals surface area (Å²) < 4.78 is 6.46. The fourth-order valence-electron chi connectivity index (χ4n) is 2.00. The molecule has 1 fully saturated rings. The first-order chi connectivity index (χ1) is 7.13. The summed E-state index contributed by atoms with van der Waals surface area (Å²) in [6.45, 7) is 2.20. The lowest BCUT2D eigenvalue weighted by Crippen LogP contribution is -2.25. The van der Waals surface area contributed by atoms with Crippen molar-refractivity contribution in [3.05, 3.63) is 12.0 Å². The number of nitrogen functional groups attached to an aromatic ring is 1. The van der Waals surface area contributed by atoms with E-state index in [4.69, 9.17) is 5.73 Å². The van der Waals surface area contributed by atoms with Crippen LogP contribution in [0.4, 0.5) is 5.82 Å². The Labute approximate surface area is 88.2 Å². The minimum absolute atomic E-state index is 0.219. The molecule has 5 heteroatoms. The smallest absolute Gasteiger partial charge is 0.360 e. The highest BCUT2D eigenvalue weighted by molar-refractivity contribution is 5.92. The lowest BCUT2D eigenvalue weighted by Gasteiger charge is -2.34. The van der Waals surface area contributed by atoms with Crippen LogP contribution in [0.3, 0.4) is 0 Å². The number of carbonyl (C=O) groups is 1. The molecule has 0 bridgehead atoms. The molecule has 1 saturated carbocycles. The van der Waals surface area contributed by atoms with Gasteiger partial charge in [0.25, 0.3) is 0 Å². The third kappa shape index (κ3) is 1.58. The maximum Gasteiger partial charge on any atom is 0.360 e. The number of anilines is 1. The molecule has 0 amide bonds. The molecule has 0 unspecified atom stereocenters. The van der Waals surface area contributed by atoms with E-state index in [1.54, 1.807) is 6.33 Å². The maximum atomic E-state index is 11.3. The Hall–Kier alpha value is -1.52. The maximum absolute atomic E-state index is 11.3. The number of hydrogen-bond donors (Lipinski definition) is 1. The number of methoxy groups -OCH3 is 1. The van der Waals surface area contributed by atoms with Crippen LogP contribution < -0.4 is 5.73 Å². The second-order valence-electron chi connectivity index (χ2n) is 4.11. The average Bonchev–Trinajstić information content (AvgIpc) is 2.54. The highest BCUT2D eigenvalue weighted by Crippen LogP contribution is 2.38. The van der Waals surface area contributed by atoms with E-state index in [2.05, 4.69) is 16.6 Å². The summed E-state index contributed by atoms with van der Waals surface area (Å²) in [4.78, 5) is 15.2. The minimum Gasteiger partial charge on any atom is -0.464 e. The Morgan fingerprint density at radius 3 is 2.87 bits per heavy atom. The van der Waals surface area contributed by atoms with E-state index >= 15 is 0 Å². The SMILES string of the molecule is COC(=O)c1ncn(C2CC(C)C2)c1N. The van der Waals surface area contributed by atoms with Crippen molar-refractivity contribution in [2.24, 2.45) is 5.92 Å². The zero-order valence-electron chi connectivity index (χ0n) is 8.93. The van der Waals surface area contributed by atoms with Crippen molar-refractivity contribution in [2.75, 3.05) is 12.8 Å². The third-order valence-corrected chi connectivity index (χ3v) is 2.95. The molecule has 1 aliphatic carbocycles. The molecule has 15 heavy (non-hydrogen) atoms. The second kappa shape index (κ2) is 3.56. The first-order valence-electron chi connectivity index (χ1n) is 5.04. The van der Waals surface area contributed by atoms with Gasteiger partial charge in [0.2, 0.25) is 0 Å². The van der Waals surface area contributed by atoms with E-state index in [9.17, 15) is 4.79 Å². The third-order valence-electron chi connectivity index (χ3n) is 2.95. The summed E-state index contributed by atoms with van der Waals surface area (Å²) in [5.41, 5.74) is 6.05. The van der Waals surface area contributed by atoms with Crippen LogP contribution in [-0.2, 0) is 4.74 Å². The van der Waals surface area contributed by atoms with Crippen molar-refractivity contribution in [3.8, 4) is 0 Å². The number of nitrogens with two attached hydrogens (primary N) is 1. The topological polar surface area (TPSA) is 70.1 Å². The Kier molecular flexibility index (Phi) is 2.38. The standard InChI is InChI=1S/C10H15N3O2/c1-6-3-7(4-6)13-5-12-8(9(13)11)10(14)15-2/h5-7H,3-4,11H2,1-2H3. The fourth-order valence-corrected chi connectivity index (χ4v) is 2.00. The van der Waals surface area contributed by atoms with Gasteiger partial charge in [0, 0.05) is 6.04 Å². The van der Waals surface area contributed by atoms with Crippen LogP contribution in [0.1, 0.15) is 36.3 Å². The van der Waals surface area contributed by atoms with E-state index in [0.29, 0.717) is 11.9 Å². The first-order valence-corrected chi connectivity index (χ1v) is 5.04. The Bertz CT molecular complexity index is 380. The first kappa shape index (κ1) is 10.0. The predicted molar refractivity (Wildman–Crippen MR) is 55.4 cm³/mol. The van der Waals surface area contributed by atoms with Crippen LogP contribution in [0.2, 0.25) is 0 Å². The molecule has 0 atom stereocenters. The molecule has 5 nitrogen and oxygen atoms in total. The van der Waals surface area contributed by atoms with E-state index < -0.39 is 5.97 Å². The zero-order chi connectivity index (χ0) is 11.0. The molecule has 1 aromatic heterocycles. The van der Waals surface area contributed by atoms with Gasteiger partial charge in [-0.2, -0.15) is 0 Å². The molecule has 0 aromatic carbocycles. The lowest BCUT2D eigenvalue weighted by atomic mass is 9.82. The molecule has 0 saturated heterocycles. The van der Waals surface area contributed by atoms with Gasteiger partial charge >= 0.3 is 5.97 Å². The Morgan fingerprint density at radius 2 is 2.33 bits per heavy atom. The van der Waals surface area contributed by atoms with Crippen LogP contribution >= 0.6 is 0 Å². The predicted octanol–water partition coefficient (Wildman–Crippen LogP) is 1.22. The number of esters is 1. The largest absolute Gasteiger partial charge is 0.464 e. The van der Waals surface area contributed by atoms with E-state index in [-0.39, 0.29) is 5.69 Å². The molecule has 2 N–H and O–H groups in total. The Balaban J connectivity index is 2.20. The fraction of sp³-hybridized carbons (Fsp3) is 0.600. The van der Waals surface area contributed by atoms with Crippen molar-refractivity contribution in [3.63, 3.8) is 0 Å². The monoisotopic (exact) mass is 209 g/mol. The Morgan fingerprint density at radius 1 is 1.67 bits per heavy atom. The van der Waals surface area contributed by atoms with Crippen molar-refractivity contribution >= 4 is 11.8 Å². The number of imidazole rings is 1. The summed E-state index contributed by atoms with van der Waals surface area (Å²) in [6.07, 6.45) is 3.82. The number of ether oxygens (including phenoxy) is 1. The minimum atomic E-state index is -0.473. The number of hydrogen-bond acceptors (Lipinski definition) is 4. The van der Waals surface area contributed by atoms with Crippen LogP contribution in [0.15, 0.2) is 6.33 Å². The summed E-state index contributed by atoms with van der Waals surface area (Å²) in [5.74, 6) is 0.677. The van der Waals surface area contributed by atoms with Gasteiger partial charge < -0.3 is 15.0 Å². The molecular formula is C10H15N3O2. The lowest BCUT2D eigenvalue weighted by molar-refractivity contribution is 0.0596. The molecular weight excluding hydrogens is 194 g/mol. The second-order valence-corrected chi connectivity index (χ2v) is 4.11. The molecule has 2 rings (SSSR count). The number of nitrogens with zero attached hydrogens (tertiary/aromatic N) is 2. The number of aromatic nitrogens is 2. The molecule has 1 aromatic rings. The number of carbonyl (C=O) groups excluding carboxylic acids is 1. The van der Waals surface area contributed by atoms with Crippen molar-refractivity contribution in [1.82, 2.24) is 9.55 Å². The van der Waals surface area contributed by atoms with Gasteiger partial charge in [0.1, 0.15) is 5.82 Å². The van der Waals surface area contributed by atoms with Crippen LogP contribution in [0.25, 0.3) is 0 Å². The van der Waals surface area contributed by atoms with Crippen molar-refractivity contribution < 1.29 is 9.53 Å². The van der Waals surface area contributed by atoms with Gasteiger partial charge in [-0.15, -0.1) is 0 Å². The molecule has 0 radical (unpaired) electrons. The van der Waals surface area contributed by atoms with Crippen molar-refractivity contribution in [1.29, 1.82) is 0 Å². The normalized spacial score (nSPS) is 24.7. The van der Waals surface area contributed by atoms with E-state index in [1.807, 2.05) is 4.57 Å². The molecule has 82 valence electrons. The highest BCUT2D eigenvalue weighted by Gasteiger charge is 2.29. The zero-order valence-corrected chi connectivity index (χ0v) is 8.93. The van der Waals surface area contributed by atoms with Gasteiger partial charge in [-0.05, 0) is 18.8 Å². The molecule has 0 aliphatic heterocycles. The summed E-state index contributed by atoms with van der Waals surface area (Å²) >= 11 is 0. The highest BCUT2D eigenvalue weighted by atomic mass is 16.5. The summed E-state index contributed by atoms with van der Waals surface area (Å²) in [5, 5.41) is 0. The van der Waals surface area contributed by atoms with Gasteiger partial charge in [-0.25, -0.2) is 9.78 Å². The quantitative estimate of drug-likeness (QED) is 0.743. The van der Waals surface area contributed by atoms with Gasteiger partial charge in [0.05, 0.1) is 13.4 Å². The van der Waals surface area contributed by atoms with Crippen LogP contribution in [0.5, 0.6) is 0 Å². The molecule has 0 spiro atoms. The van der Waals surface area contributed by atoms with Gasteiger partial charge in [-0.3, -0.25) is 0 Å². The summed E-state index contributed by atoms with van der Waals surface area (Å²) in [7, 11) is 1.33. The molecule has 1 heterocycles. The van der Waals surface area contributed by atoms with E-state index in [1.165, 1.54) is 7.11 Å². The summed E-state index contributed by atoms with van der Waals surface area (Å²) in [6, 6.07) is 0.394. The van der Waals surface area contributed by atoms with E-state index in [0.717, 1.165) is 18.8 Å². The number of rotatable bonds is 2. The average molecular weight is 209 g/mol. The van der Waals surface area contributed by atoms with Gasteiger partial charge in [0.15, 0.2) is 5.69 Å². The van der Waals surface area contributed by atoms with Crippen LogP contribution in [0, 0.1) is 5.92 Å². The van der Waals surface area contributed by atoms with Crippen LogP contribution in [-0.4, -0.2) is 22.6 Å². The molecule has 1 aliphatic rings. The van der Waals surface area contributed by atoms with Crippen molar-refractivity contribution in [2.45, 2.75) is 25.8 Å².